The minimum Gasteiger partial charge on any atom is -0.304 e. The molecule has 2 rings (SSSR count). The Balaban J connectivity index is 1.99. The maximum atomic E-state index is 5.89. The first-order valence-corrected chi connectivity index (χ1v) is 6.41. The molecule has 1 atom stereocenters. The maximum absolute atomic E-state index is 5.89. The van der Waals surface area contributed by atoms with Crippen LogP contribution in [0.4, 0.5) is 0 Å². The fourth-order valence-electron chi connectivity index (χ4n) is 1.84. The summed E-state index contributed by atoms with van der Waals surface area (Å²) < 4.78 is 0. The molecule has 0 saturated carbocycles. The standard InChI is InChI=1S/C14H16ClN3/c1-2-14(11-3-5-12(15)6-4-11)18-10-13-9-16-7-8-17-13/h3-9,14,18H,2,10H2,1H3. The van der Waals surface area contributed by atoms with Crippen LogP contribution >= 0.6 is 11.6 Å². The van der Waals surface area contributed by atoms with E-state index in [1.807, 2.05) is 12.1 Å². The van der Waals surface area contributed by atoms with E-state index in [0.717, 1.165) is 23.7 Å². The smallest absolute Gasteiger partial charge is 0.0724 e. The Bertz CT molecular complexity index is 470. The average Bonchev–Trinajstić information content (AvgIpc) is 2.42. The normalized spacial score (nSPS) is 12.3. The summed E-state index contributed by atoms with van der Waals surface area (Å²) in [5.74, 6) is 0. The van der Waals surface area contributed by atoms with Crippen molar-refractivity contribution in [2.24, 2.45) is 0 Å². The summed E-state index contributed by atoms with van der Waals surface area (Å²) in [6, 6.07) is 8.26. The van der Waals surface area contributed by atoms with Crippen LogP contribution in [-0.4, -0.2) is 9.97 Å². The van der Waals surface area contributed by atoms with Gasteiger partial charge < -0.3 is 5.32 Å². The van der Waals surface area contributed by atoms with Crippen LogP contribution in [0.1, 0.15) is 30.6 Å². The number of aromatic nitrogens is 2. The summed E-state index contributed by atoms with van der Waals surface area (Å²) in [6.07, 6.45) is 6.18. The van der Waals surface area contributed by atoms with E-state index in [-0.39, 0.29) is 0 Å². The molecule has 2 aromatic rings. The molecule has 0 amide bonds. The van der Waals surface area contributed by atoms with E-state index in [1.54, 1.807) is 18.6 Å². The van der Waals surface area contributed by atoms with Gasteiger partial charge in [0.05, 0.1) is 5.69 Å². The van der Waals surface area contributed by atoms with Gasteiger partial charge in [-0.2, -0.15) is 0 Å². The molecule has 4 heteroatoms. The molecule has 0 aliphatic rings. The maximum Gasteiger partial charge on any atom is 0.0724 e. The summed E-state index contributed by atoms with van der Waals surface area (Å²) in [5, 5.41) is 4.24. The molecular weight excluding hydrogens is 246 g/mol. The van der Waals surface area contributed by atoms with Crippen molar-refractivity contribution < 1.29 is 0 Å². The van der Waals surface area contributed by atoms with Gasteiger partial charge in [-0.05, 0) is 24.1 Å². The molecule has 94 valence electrons. The van der Waals surface area contributed by atoms with E-state index in [1.165, 1.54) is 5.56 Å². The van der Waals surface area contributed by atoms with Crippen LogP contribution in [0.2, 0.25) is 5.02 Å². The quantitative estimate of drug-likeness (QED) is 0.897. The van der Waals surface area contributed by atoms with E-state index >= 15 is 0 Å². The number of hydrogen-bond acceptors (Lipinski definition) is 3. The largest absolute Gasteiger partial charge is 0.304 e. The lowest BCUT2D eigenvalue weighted by molar-refractivity contribution is 0.513. The third kappa shape index (κ3) is 3.52. The lowest BCUT2D eigenvalue weighted by atomic mass is 10.0. The number of benzene rings is 1. The van der Waals surface area contributed by atoms with Crippen molar-refractivity contribution in [1.29, 1.82) is 0 Å². The predicted octanol–water partition coefficient (Wildman–Crippen LogP) is 3.37. The van der Waals surface area contributed by atoms with Gasteiger partial charge in [0.2, 0.25) is 0 Å². The van der Waals surface area contributed by atoms with Crippen molar-refractivity contribution >= 4 is 11.6 Å². The fraction of sp³-hybridized carbons (Fsp3) is 0.286. The molecule has 0 radical (unpaired) electrons. The first kappa shape index (κ1) is 13.0. The topological polar surface area (TPSA) is 37.8 Å². The number of nitrogens with zero attached hydrogens (tertiary/aromatic N) is 2. The van der Waals surface area contributed by atoms with Crippen molar-refractivity contribution in [3.63, 3.8) is 0 Å². The Morgan fingerprint density at radius 1 is 1.22 bits per heavy atom. The first-order chi connectivity index (χ1) is 8.79. The number of halogens is 1. The molecule has 1 heterocycles. The highest BCUT2D eigenvalue weighted by Crippen LogP contribution is 2.19. The number of rotatable bonds is 5. The van der Waals surface area contributed by atoms with Gasteiger partial charge in [-0.25, -0.2) is 0 Å². The molecule has 3 nitrogen and oxygen atoms in total. The van der Waals surface area contributed by atoms with Crippen molar-refractivity contribution in [2.75, 3.05) is 0 Å². The van der Waals surface area contributed by atoms with Gasteiger partial charge in [-0.1, -0.05) is 30.7 Å². The summed E-state index contributed by atoms with van der Waals surface area (Å²) in [5.41, 5.74) is 2.19. The molecule has 0 bridgehead atoms. The average molecular weight is 262 g/mol. The van der Waals surface area contributed by atoms with Crippen LogP contribution in [0, 0.1) is 0 Å². The van der Waals surface area contributed by atoms with Gasteiger partial charge in [0.15, 0.2) is 0 Å². The lowest BCUT2D eigenvalue weighted by Crippen LogP contribution is -2.20. The van der Waals surface area contributed by atoms with Gasteiger partial charge in [0.25, 0.3) is 0 Å². The Kier molecular flexibility index (Phi) is 4.67. The second-order valence-corrected chi connectivity index (χ2v) is 4.53. The zero-order valence-electron chi connectivity index (χ0n) is 10.3. The fourth-order valence-corrected chi connectivity index (χ4v) is 1.97. The molecule has 0 aliphatic carbocycles. The first-order valence-electron chi connectivity index (χ1n) is 6.03. The summed E-state index contributed by atoms with van der Waals surface area (Å²) in [7, 11) is 0. The minimum absolute atomic E-state index is 0.310. The summed E-state index contributed by atoms with van der Waals surface area (Å²) in [6.45, 7) is 2.87. The monoisotopic (exact) mass is 261 g/mol. The highest BCUT2D eigenvalue weighted by molar-refractivity contribution is 6.30. The highest BCUT2D eigenvalue weighted by atomic mass is 35.5. The van der Waals surface area contributed by atoms with Crippen molar-refractivity contribution in [1.82, 2.24) is 15.3 Å². The Labute approximate surface area is 112 Å². The summed E-state index contributed by atoms with van der Waals surface area (Å²) >= 11 is 5.89. The van der Waals surface area contributed by atoms with Crippen LogP contribution in [0.25, 0.3) is 0 Å². The number of hydrogen-bond donors (Lipinski definition) is 1. The molecule has 0 saturated heterocycles. The second kappa shape index (κ2) is 6.47. The van der Waals surface area contributed by atoms with E-state index < -0.39 is 0 Å². The molecular formula is C14H16ClN3. The summed E-state index contributed by atoms with van der Waals surface area (Å²) in [4.78, 5) is 8.30. The Morgan fingerprint density at radius 2 is 2.00 bits per heavy atom. The third-order valence-corrected chi connectivity index (χ3v) is 3.08. The van der Waals surface area contributed by atoms with Crippen molar-refractivity contribution in [3.8, 4) is 0 Å². The zero-order chi connectivity index (χ0) is 12.8. The van der Waals surface area contributed by atoms with E-state index in [0.29, 0.717) is 6.04 Å². The third-order valence-electron chi connectivity index (χ3n) is 2.83. The van der Waals surface area contributed by atoms with Gasteiger partial charge in [-0.3, -0.25) is 9.97 Å². The molecule has 0 aliphatic heterocycles. The van der Waals surface area contributed by atoms with Crippen molar-refractivity contribution in [2.45, 2.75) is 25.9 Å². The molecule has 1 N–H and O–H groups in total. The molecule has 0 spiro atoms. The van der Waals surface area contributed by atoms with Gasteiger partial charge in [-0.15, -0.1) is 0 Å². The number of nitrogens with one attached hydrogen (secondary N) is 1. The van der Waals surface area contributed by atoms with Gasteiger partial charge in [0, 0.05) is 36.2 Å². The van der Waals surface area contributed by atoms with Gasteiger partial charge in [0.1, 0.15) is 0 Å². The second-order valence-electron chi connectivity index (χ2n) is 4.09. The van der Waals surface area contributed by atoms with Gasteiger partial charge >= 0.3 is 0 Å². The Hall–Kier alpha value is -1.45. The van der Waals surface area contributed by atoms with Crippen LogP contribution < -0.4 is 5.32 Å². The van der Waals surface area contributed by atoms with Crippen LogP contribution in [-0.2, 0) is 6.54 Å². The molecule has 18 heavy (non-hydrogen) atoms. The minimum atomic E-state index is 0.310. The zero-order valence-corrected chi connectivity index (χ0v) is 11.1. The van der Waals surface area contributed by atoms with E-state index in [4.69, 9.17) is 11.6 Å². The highest BCUT2D eigenvalue weighted by Gasteiger charge is 2.08. The van der Waals surface area contributed by atoms with Crippen LogP contribution in [0.5, 0.6) is 0 Å². The molecule has 1 aromatic heterocycles. The molecule has 1 unspecified atom stereocenters. The lowest BCUT2D eigenvalue weighted by Gasteiger charge is -2.17. The predicted molar refractivity (Wildman–Crippen MR) is 73.4 cm³/mol. The molecule has 0 fully saturated rings. The van der Waals surface area contributed by atoms with E-state index in [2.05, 4.69) is 34.3 Å². The Morgan fingerprint density at radius 3 is 2.61 bits per heavy atom. The van der Waals surface area contributed by atoms with Crippen LogP contribution in [0.3, 0.4) is 0 Å². The van der Waals surface area contributed by atoms with E-state index in [9.17, 15) is 0 Å². The van der Waals surface area contributed by atoms with Crippen molar-refractivity contribution in [3.05, 3.63) is 59.1 Å². The van der Waals surface area contributed by atoms with Crippen LogP contribution in [0.15, 0.2) is 42.9 Å². The molecule has 1 aromatic carbocycles. The SMILES string of the molecule is CCC(NCc1cnccn1)c1ccc(Cl)cc1.